The first kappa shape index (κ1) is 17.0. The highest BCUT2D eigenvalue weighted by atomic mass is 35.5. The molecule has 2 heterocycles. The topological polar surface area (TPSA) is 68.0 Å². The van der Waals surface area contributed by atoms with E-state index in [-0.39, 0.29) is 5.56 Å². The van der Waals surface area contributed by atoms with Gasteiger partial charge in [0.2, 0.25) is 5.13 Å². The Kier molecular flexibility index (Phi) is 4.89. The third-order valence-corrected chi connectivity index (χ3v) is 5.03. The van der Waals surface area contributed by atoms with E-state index >= 15 is 0 Å². The number of hydrogen-bond acceptors (Lipinski definition) is 4. The predicted molar refractivity (Wildman–Crippen MR) is 95.6 cm³/mol. The summed E-state index contributed by atoms with van der Waals surface area (Å²) < 4.78 is 1.60. The highest BCUT2D eigenvalue weighted by Crippen LogP contribution is 2.30. The molecule has 0 aliphatic rings. The lowest BCUT2D eigenvalue weighted by Gasteiger charge is -2.04. The largest absolute Gasteiger partial charge is 0.478 e. The molecule has 24 heavy (non-hydrogen) atoms. The van der Waals surface area contributed by atoms with Crippen molar-refractivity contribution in [3.8, 4) is 16.4 Å². The van der Waals surface area contributed by atoms with E-state index in [4.69, 9.17) is 23.2 Å². The SMILES string of the molecule is CCCc1c(C(=O)O)cnn1-c1nc(-c2ccc(Cl)c(Cl)c2)cs1. The lowest BCUT2D eigenvalue weighted by atomic mass is 10.1. The van der Waals surface area contributed by atoms with Gasteiger partial charge in [-0.15, -0.1) is 11.3 Å². The van der Waals surface area contributed by atoms with E-state index in [2.05, 4.69) is 10.1 Å². The summed E-state index contributed by atoms with van der Waals surface area (Å²) in [6, 6.07) is 5.31. The van der Waals surface area contributed by atoms with Crippen molar-refractivity contribution >= 4 is 40.5 Å². The molecule has 0 unspecified atom stereocenters. The summed E-state index contributed by atoms with van der Waals surface area (Å²) in [5, 5.41) is 16.9. The number of carboxylic acid groups (broad SMARTS) is 1. The molecule has 3 aromatic rings. The second-order valence-corrected chi connectivity index (χ2v) is 6.77. The summed E-state index contributed by atoms with van der Waals surface area (Å²) >= 11 is 13.4. The van der Waals surface area contributed by atoms with Crippen LogP contribution in [0.3, 0.4) is 0 Å². The number of halogens is 2. The van der Waals surface area contributed by atoms with Crippen molar-refractivity contribution in [2.45, 2.75) is 19.8 Å². The van der Waals surface area contributed by atoms with E-state index in [1.165, 1.54) is 17.5 Å². The van der Waals surface area contributed by atoms with Gasteiger partial charge in [-0.25, -0.2) is 14.5 Å². The average Bonchev–Trinajstić information content (AvgIpc) is 3.17. The fourth-order valence-corrected chi connectivity index (χ4v) is 3.46. The van der Waals surface area contributed by atoms with E-state index in [0.29, 0.717) is 27.3 Å². The maximum atomic E-state index is 11.3. The van der Waals surface area contributed by atoms with E-state index in [0.717, 1.165) is 17.7 Å². The van der Waals surface area contributed by atoms with Crippen LogP contribution in [0.15, 0.2) is 29.8 Å². The number of thiazole rings is 1. The molecule has 0 aliphatic carbocycles. The molecule has 0 saturated heterocycles. The summed E-state index contributed by atoms with van der Waals surface area (Å²) in [6.45, 7) is 1.99. The molecule has 3 rings (SSSR count). The maximum absolute atomic E-state index is 11.3. The number of carboxylic acids is 1. The molecule has 0 bridgehead atoms. The van der Waals surface area contributed by atoms with E-state index < -0.39 is 5.97 Å². The minimum Gasteiger partial charge on any atom is -0.478 e. The Morgan fingerprint density at radius 2 is 2.12 bits per heavy atom. The number of aromatic carboxylic acids is 1. The number of aromatic nitrogens is 3. The number of nitrogens with zero attached hydrogens (tertiary/aromatic N) is 3. The molecule has 0 aliphatic heterocycles. The van der Waals surface area contributed by atoms with Gasteiger partial charge in [0, 0.05) is 10.9 Å². The molecule has 0 radical (unpaired) electrons. The zero-order chi connectivity index (χ0) is 17.3. The molecular weight excluding hydrogens is 369 g/mol. The molecule has 8 heteroatoms. The fraction of sp³-hybridized carbons (Fsp3) is 0.188. The average molecular weight is 382 g/mol. The molecule has 5 nitrogen and oxygen atoms in total. The summed E-state index contributed by atoms with van der Waals surface area (Å²) in [6.07, 6.45) is 2.80. The fourth-order valence-electron chi connectivity index (χ4n) is 2.34. The lowest BCUT2D eigenvalue weighted by molar-refractivity contribution is 0.0695. The highest BCUT2D eigenvalue weighted by molar-refractivity contribution is 7.12. The lowest BCUT2D eigenvalue weighted by Crippen LogP contribution is -2.06. The van der Waals surface area contributed by atoms with E-state index in [9.17, 15) is 9.90 Å². The van der Waals surface area contributed by atoms with Crippen molar-refractivity contribution in [3.63, 3.8) is 0 Å². The van der Waals surface area contributed by atoms with Crippen molar-refractivity contribution < 1.29 is 9.90 Å². The number of rotatable bonds is 5. The Balaban J connectivity index is 2.01. The second kappa shape index (κ2) is 6.93. The van der Waals surface area contributed by atoms with Crippen molar-refractivity contribution in [1.29, 1.82) is 0 Å². The third kappa shape index (κ3) is 3.17. The Bertz CT molecular complexity index is 905. The molecule has 1 N–H and O–H groups in total. The van der Waals surface area contributed by atoms with Gasteiger partial charge < -0.3 is 5.11 Å². The Hall–Kier alpha value is -1.89. The van der Waals surface area contributed by atoms with Crippen molar-refractivity contribution in [1.82, 2.24) is 14.8 Å². The van der Waals surface area contributed by atoms with Crippen LogP contribution in [0.2, 0.25) is 10.0 Å². The van der Waals surface area contributed by atoms with Gasteiger partial charge in [0.15, 0.2) is 0 Å². The Morgan fingerprint density at radius 1 is 1.33 bits per heavy atom. The van der Waals surface area contributed by atoms with Gasteiger partial charge in [-0.2, -0.15) is 5.10 Å². The van der Waals surface area contributed by atoms with Crippen molar-refractivity contribution in [2.24, 2.45) is 0 Å². The van der Waals surface area contributed by atoms with Crippen LogP contribution < -0.4 is 0 Å². The van der Waals surface area contributed by atoms with Crippen LogP contribution in [0.5, 0.6) is 0 Å². The first-order valence-electron chi connectivity index (χ1n) is 7.22. The van der Waals surface area contributed by atoms with Crippen LogP contribution in [-0.4, -0.2) is 25.8 Å². The third-order valence-electron chi connectivity index (χ3n) is 3.47. The first-order chi connectivity index (χ1) is 11.5. The van der Waals surface area contributed by atoms with Gasteiger partial charge in [-0.3, -0.25) is 0 Å². The van der Waals surface area contributed by atoms with Crippen molar-refractivity contribution in [3.05, 3.63) is 51.1 Å². The molecular formula is C16H13Cl2N3O2S. The van der Waals surface area contributed by atoms with Crippen LogP contribution >= 0.6 is 34.5 Å². The number of benzene rings is 1. The Morgan fingerprint density at radius 3 is 2.79 bits per heavy atom. The van der Waals surface area contributed by atoms with Crippen LogP contribution in [0.25, 0.3) is 16.4 Å². The summed E-state index contributed by atoms with van der Waals surface area (Å²) in [5.74, 6) is -0.981. The molecule has 0 spiro atoms. The minimum atomic E-state index is -0.981. The molecule has 1 aromatic carbocycles. The van der Waals surface area contributed by atoms with Crippen LogP contribution in [-0.2, 0) is 6.42 Å². The van der Waals surface area contributed by atoms with Gasteiger partial charge in [0.1, 0.15) is 5.56 Å². The van der Waals surface area contributed by atoms with Crippen LogP contribution in [0, 0.1) is 0 Å². The van der Waals surface area contributed by atoms with Gasteiger partial charge in [-0.1, -0.05) is 42.6 Å². The quantitative estimate of drug-likeness (QED) is 0.678. The molecule has 2 aromatic heterocycles. The molecule has 0 atom stereocenters. The second-order valence-electron chi connectivity index (χ2n) is 5.12. The highest BCUT2D eigenvalue weighted by Gasteiger charge is 2.19. The summed E-state index contributed by atoms with van der Waals surface area (Å²) in [7, 11) is 0. The van der Waals surface area contributed by atoms with Crippen LogP contribution in [0.4, 0.5) is 0 Å². The summed E-state index contributed by atoms with van der Waals surface area (Å²) in [5.41, 5.74) is 2.45. The standard InChI is InChI=1S/C16H13Cl2N3O2S/c1-2-3-14-10(15(22)23)7-19-21(14)16-20-13(8-24-16)9-4-5-11(17)12(18)6-9/h4-8H,2-3H2,1H3,(H,22,23). The molecule has 0 amide bonds. The predicted octanol–water partition coefficient (Wildman–Crippen LogP) is 4.95. The van der Waals surface area contributed by atoms with Gasteiger partial charge in [0.05, 0.1) is 27.6 Å². The van der Waals surface area contributed by atoms with Gasteiger partial charge >= 0.3 is 5.97 Å². The van der Waals surface area contributed by atoms with E-state index in [1.807, 2.05) is 18.4 Å². The summed E-state index contributed by atoms with van der Waals surface area (Å²) in [4.78, 5) is 15.9. The number of carbonyl (C=O) groups is 1. The number of hydrogen-bond donors (Lipinski definition) is 1. The minimum absolute atomic E-state index is 0.211. The Labute approximate surface area is 152 Å². The smallest absolute Gasteiger partial charge is 0.339 e. The monoisotopic (exact) mass is 381 g/mol. The zero-order valence-corrected chi connectivity index (χ0v) is 15.0. The van der Waals surface area contributed by atoms with Gasteiger partial charge in [0.25, 0.3) is 0 Å². The molecule has 0 saturated carbocycles. The van der Waals surface area contributed by atoms with Crippen molar-refractivity contribution in [2.75, 3.05) is 0 Å². The van der Waals surface area contributed by atoms with Crippen LogP contribution in [0.1, 0.15) is 29.4 Å². The maximum Gasteiger partial charge on any atom is 0.339 e. The zero-order valence-electron chi connectivity index (χ0n) is 12.7. The van der Waals surface area contributed by atoms with E-state index in [1.54, 1.807) is 16.8 Å². The molecule has 124 valence electrons. The van der Waals surface area contributed by atoms with Gasteiger partial charge in [-0.05, 0) is 18.6 Å². The normalized spacial score (nSPS) is 11.0. The first-order valence-corrected chi connectivity index (χ1v) is 8.86. The molecule has 0 fully saturated rings.